The van der Waals surface area contributed by atoms with Crippen molar-refractivity contribution in [2.75, 3.05) is 0 Å². The third kappa shape index (κ3) is 7.86. The van der Waals surface area contributed by atoms with Gasteiger partial charge in [0.05, 0.1) is 0 Å². The second kappa shape index (κ2) is 15.1. The summed E-state index contributed by atoms with van der Waals surface area (Å²) in [6.45, 7) is 0. The summed E-state index contributed by atoms with van der Waals surface area (Å²) >= 11 is -20.2. The van der Waals surface area contributed by atoms with E-state index in [0.29, 0.717) is 4.74 Å². The Labute approximate surface area is 317 Å². The first-order valence-electron chi connectivity index (χ1n) is 12.1. The van der Waals surface area contributed by atoms with Crippen LogP contribution in [0.2, 0.25) is 0 Å². The second-order valence-corrected chi connectivity index (χ2v) is 18.7. The summed E-state index contributed by atoms with van der Waals surface area (Å²) in [6.07, 6.45) is -53.1. The first kappa shape index (κ1) is 59.6. The van der Waals surface area contributed by atoms with E-state index in [2.05, 4.69) is 0 Å². The van der Waals surface area contributed by atoms with Gasteiger partial charge in [-0.05, 0) is 0 Å². The number of ether oxygens (including phenoxy) is 1. The number of rotatable bonds is 16. The second-order valence-electron chi connectivity index (χ2n) is 10.3. The molecule has 0 unspecified atom stereocenters. The molecule has 0 saturated carbocycles. The molecule has 1 nitrogen and oxygen atoms in total. The van der Waals surface area contributed by atoms with Crippen LogP contribution in [0.15, 0.2) is 0 Å². The Morgan fingerprint density at radius 3 is 0.508 bits per heavy atom. The van der Waals surface area contributed by atoms with Crippen molar-refractivity contribution in [2.24, 2.45) is 0 Å². The van der Waals surface area contributed by atoms with Crippen LogP contribution in [-0.2, 0) is 4.74 Å². The summed E-state index contributed by atoms with van der Waals surface area (Å²) in [5, 5.41) is 0. The Morgan fingerprint density at radius 2 is 0.361 bits per heavy atom. The minimum absolute atomic E-state index is 0.395. The van der Waals surface area contributed by atoms with E-state index in [-0.39, 0.29) is 0 Å². The van der Waals surface area contributed by atoms with E-state index in [1.165, 1.54) is 0 Å². The van der Waals surface area contributed by atoms with Gasteiger partial charge in [0.15, 0.2) is 0 Å². The molecule has 0 aromatic carbocycles. The monoisotopic (exact) mass is 1250 g/mol. The van der Waals surface area contributed by atoms with Crippen molar-refractivity contribution in [1.82, 2.24) is 0 Å². The summed E-state index contributed by atoms with van der Waals surface area (Å²) in [5.74, 6) is -79.1. The van der Waals surface area contributed by atoms with Gasteiger partial charge in [0.2, 0.25) is 0 Å². The molecule has 0 rings (SSSR count). The molecule has 0 amide bonds. The third-order valence-corrected chi connectivity index (χ3v) is 15.2. The molecular formula is C18F40I2O. The number of hydrogen-bond donors (Lipinski definition) is 0. The van der Waals surface area contributed by atoms with Gasteiger partial charge in [0, 0.05) is 0 Å². The molecule has 0 aromatic heterocycles. The maximum absolute atomic E-state index is 13.8. The average molecular weight is 1250 g/mol. The molecule has 0 aliphatic heterocycles. The first-order chi connectivity index (χ1) is 25.5. The van der Waals surface area contributed by atoms with Crippen molar-refractivity contribution >= 4 is 40.8 Å². The van der Waals surface area contributed by atoms with Gasteiger partial charge in [-0.25, -0.2) is 0 Å². The zero-order valence-corrected chi connectivity index (χ0v) is 29.6. The summed E-state index contributed by atoms with van der Waals surface area (Å²) in [5.41, 5.74) is 0. The van der Waals surface area contributed by atoms with E-state index in [1.807, 2.05) is 0 Å². The minimum atomic E-state index is -10.1. The standard InChI is InChI=1S/C18F40I2O/c19-1(20,5(27,28)15(49,50)59(57)9(35,11(37,38)39)12(40,41)42)3(23,24)7(31,32)17(53,54)61-18(55,56)8(33,34)4(25,26)2(21,22)6(29,30)16(51,52)60(58)10(36,13(43,44)45)14(46,47)48. The van der Waals surface area contributed by atoms with Gasteiger partial charge < -0.3 is 0 Å². The topological polar surface area (TPSA) is 9.23 Å². The van der Waals surface area contributed by atoms with E-state index < -0.39 is 140 Å². The molecule has 0 aliphatic rings. The van der Waals surface area contributed by atoms with Crippen molar-refractivity contribution in [1.29, 1.82) is 0 Å². The van der Waals surface area contributed by atoms with Crippen LogP contribution in [0.4, 0.5) is 173 Å². The van der Waals surface area contributed by atoms with Gasteiger partial charge in [-0.1, -0.05) is 0 Å². The molecule has 0 fully saturated rings. The molecule has 0 spiro atoms. The van der Waals surface area contributed by atoms with Gasteiger partial charge in [-0.2, -0.15) is 0 Å². The summed E-state index contributed by atoms with van der Waals surface area (Å²) in [7, 11) is 0. The maximum atomic E-state index is 13.8. The average Bonchev–Trinajstić information content (AvgIpc) is 2.99. The van der Waals surface area contributed by atoms with Crippen molar-refractivity contribution in [3.63, 3.8) is 0 Å². The Kier molecular flexibility index (Phi) is 14.7. The normalized spacial score (nSPS) is 17.5. The fourth-order valence-electron chi connectivity index (χ4n) is 3.03. The molecule has 0 aliphatic carbocycles. The summed E-state index contributed by atoms with van der Waals surface area (Å²) in [4.78, 5) is 0. The van der Waals surface area contributed by atoms with Gasteiger partial charge >= 0.3 is 318 Å². The van der Waals surface area contributed by atoms with E-state index in [9.17, 15) is 173 Å². The predicted octanol–water partition coefficient (Wildman–Crippen LogP) is 14.8. The van der Waals surface area contributed by atoms with Gasteiger partial charge in [0.25, 0.3) is 0 Å². The Balaban J connectivity index is 7.60. The zero-order chi connectivity index (χ0) is 50.9. The molecule has 0 N–H and O–H groups in total. The van der Waals surface area contributed by atoms with E-state index in [1.54, 1.807) is 0 Å². The third-order valence-electron chi connectivity index (χ3n) is 6.36. The van der Waals surface area contributed by atoms with Crippen LogP contribution in [-0.4, -0.2) is 99.5 Å². The molecule has 0 heterocycles. The van der Waals surface area contributed by atoms with Gasteiger partial charge in [-0.15, -0.1) is 0 Å². The van der Waals surface area contributed by atoms with Crippen LogP contribution in [0.25, 0.3) is 0 Å². The number of hydrogen-bond acceptors (Lipinski definition) is 1. The van der Waals surface area contributed by atoms with Crippen molar-refractivity contribution in [3.8, 4) is 0 Å². The van der Waals surface area contributed by atoms with Crippen LogP contribution in [0.1, 0.15) is 0 Å². The molecule has 0 atom stereocenters. The van der Waals surface area contributed by atoms with Crippen LogP contribution < -0.4 is 0 Å². The SMILES string of the molecule is FI(C(F)(F)C(F)(F)C(F)(F)C(F)(F)C(F)(F)C(F)(F)OC(F)(F)C(F)(F)C(F)(F)C(F)(F)C(F)(F)C(F)(F)I(F)C(F)(C(F)(F)F)C(F)(F)F)C(F)(C(F)(F)F)C(F)(F)F. The molecule has 43 heteroatoms. The van der Waals surface area contributed by atoms with Crippen LogP contribution in [0, 0.1) is 0 Å². The number of alkyl halides is 42. The molecule has 0 aromatic rings. The molecule has 0 radical (unpaired) electrons. The Morgan fingerprint density at radius 1 is 0.213 bits per heavy atom. The van der Waals surface area contributed by atoms with E-state index in [4.69, 9.17) is 0 Å². The van der Waals surface area contributed by atoms with Crippen molar-refractivity contribution in [2.45, 2.75) is 99.5 Å². The fraction of sp³-hybridized carbons (Fsp3) is 1.00. The van der Waals surface area contributed by atoms with Crippen LogP contribution >= 0.6 is 40.8 Å². The molecule has 0 bridgehead atoms. The quantitative estimate of drug-likeness (QED) is 0.0850. The zero-order valence-electron chi connectivity index (χ0n) is 25.3. The Hall–Kier alpha value is -1.38. The fourth-order valence-corrected chi connectivity index (χ4v) is 8.91. The van der Waals surface area contributed by atoms with Crippen LogP contribution in [0.3, 0.4) is 0 Å². The molecule has 0 saturated heterocycles. The van der Waals surface area contributed by atoms with Gasteiger partial charge in [0.1, 0.15) is 0 Å². The van der Waals surface area contributed by atoms with Crippen molar-refractivity contribution in [3.05, 3.63) is 0 Å². The molecular weight excluding hydrogens is 1250 g/mol. The molecule has 61 heavy (non-hydrogen) atoms. The predicted molar refractivity (Wildman–Crippen MR) is 123 cm³/mol. The van der Waals surface area contributed by atoms with Crippen LogP contribution in [0.5, 0.6) is 0 Å². The summed E-state index contributed by atoms with van der Waals surface area (Å²) < 4.78 is 500. The molecule has 372 valence electrons. The van der Waals surface area contributed by atoms with Gasteiger partial charge in [-0.3, -0.25) is 0 Å². The van der Waals surface area contributed by atoms with E-state index in [0.717, 1.165) is 0 Å². The van der Waals surface area contributed by atoms with Crippen molar-refractivity contribution < 1.29 is 177 Å². The Bertz CT molecular complexity index is 1410. The summed E-state index contributed by atoms with van der Waals surface area (Å²) in [6, 6.07) is 0. The van der Waals surface area contributed by atoms with E-state index >= 15 is 0 Å². The first-order valence-corrected chi connectivity index (χ1v) is 18.1. The number of halogens is 42.